The SMILES string of the molecule is Cl.Fc1cccc(N=Cc2ccc(N3CCC4(CCCCC4)CC3)cc2)c1. The molecular weight excluding hydrogens is 359 g/mol. The number of aliphatic imine (C=N–C) groups is 1. The average molecular weight is 387 g/mol. The number of anilines is 1. The van der Waals surface area contributed by atoms with Gasteiger partial charge in [-0.1, -0.05) is 37.5 Å². The van der Waals surface area contributed by atoms with Gasteiger partial charge in [-0.25, -0.2) is 4.39 Å². The Morgan fingerprint density at radius 3 is 2.26 bits per heavy atom. The van der Waals surface area contributed by atoms with Gasteiger partial charge in [0.15, 0.2) is 0 Å². The summed E-state index contributed by atoms with van der Waals surface area (Å²) in [4.78, 5) is 6.88. The van der Waals surface area contributed by atoms with Gasteiger partial charge in [0.2, 0.25) is 0 Å². The zero-order valence-corrected chi connectivity index (χ0v) is 16.6. The summed E-state index contributed by atoms with van der Waals surface area (Å²) < 4.78 is 13.2. The Labute approximate surface area is 167 Å². The molecule has 1 saturated carbocycles. The Morgan fingerprint density at radius 2 is 1.59 bits per heavy atom. The molecule has 1 saturated heterocycles. The summed E-state index contributed by atoms with van der Waals surface area (Å²) in [5, 5.41) is 0. The van der Waals surface area contributed by atoms with Crippen LogP contribution in [-0.2, 0) is 0 Å². The molecule has 4 rings (SSSR count). The highest BCUT2D eigenvalue weighted by atomic mass is 35.5. The van der Waals surface area contributed by atoms with Crippen LogP contribution in [0.4, 0.5) is 15.8 Å². The van der Waals surface area contributed by atoms with Gasteiger partial charge in [0.05, 0.1) is 5.69 Å². The standard InChI is InChI=1S/C23H27FN2.ClH/c24-20-5-4-6-21(17-20)25-18-19-7-9-22(10-8-19)26-15-13-23(14-16-26)11-2-1-3-12-23;/h4-10,17-18H,1-3,11-16H2;1H. The fraction of sp³-hybridized carbons (Fsp3) is 0.435. The molecule has 0 amide bonds. The van der Waals surface area contributed by atoms with E-state index in [4.69, 9.17) is 0 Å². The van der Waals surface area contributed by atoms with Gasteiger partial charge in [-0.05, 0) is 67.0 Å². The lowest BCUT2D eigenvalue weighted by Crippen LogP contribution is -2.41. The van der Waals surface area contributed by atoms with E-state index in [-0.39, 0.29) is 18.2 Å². The molecule has 0 radical (unpaired) electrons. The van der Waals surface area contributed by atoms with Crippen LogP contribution in [0.15, 0.2) is 53.5 Å². The molecular formula is C23H28ClFN2. The van der Waals surface area contributed by atoms with Crippen molar-refractivity contribution in [1.82, 2.24) is 0 Å². The normalized spacial score (nSPS) is 19.2. The molecule has 0 N–H and O–H groups in total. The molecule has 2 aromatic carbocycles. The zero-order chi connectivity index (χ0) is 17.8. The first-order chi connectivity index (χ1) is 12.7. The third kappa shape index (κ3) is 4.90. The molecule has 0 aromatic heterocycles. The molecule has 1 spiro atoms. The topological polar surface area (TPSA) is 15.6 Å². The first-order valence-electron chi connectivity index (χ1n) is 9.87. The van der Waals surface area contributed by atoms with Gasteiger partial charge >= 0.3 is 0 Å². The Morgan fingerprint density at radius 1 is 0.889 bits per heavy atom. The minimum Gasteiger partial charge on any atom is -0.371 e. The molecule has 1 aliphatic carbocycles. The third-order valence-corrected chi connectivity index (χ3v) is 6.17. The summed E-state index contributed by atoms with van der Waals surface area (Å²) in [5.41, 5.74) is 3.63. The number of rotatable bonds is 3. The van der Waals surface area contributed by atoms with E-state index in [1.807, 2.05) is 6.07 Å². The maximum Gasteiger partial charge on any atom is 0.125 e. The van der Waals surface area contributed by atoms with Crippen LogP contribution < -0.4 is 4.90 Å². The van der Waals surface area contributed by atoms with Crippen molar-refractivity contribution in [2.75, 3.05) is 18.0 Å². The molecule has 27 heavy (non-hydrogen) atoms. The highest BCUT2D eigenvalue weighted by Gasteiger charge is 2.35. The van der Waals surface area contributed by atoms with Crippen molar-refractivity contribution < 1.29 is 4.39 Å². The van der Waals surface area contributed by atoms with E-state index < -0.39 is 0 Å². The summed E-state index contributed by atoms with van der Waals surface area (Å²) in [6.07, 6.45) is 11.7. The highest BCUT2D eigenvalue weighted by Crippen LogP contribution is 2.45. The van der Waals surface area contributed by atoms with Crippen molar-refractivity contribution in [1.29, 1.82) is 0 Å². The van der Waals surface area contributed by atoms with E-state index in [2.05, 4.69) is 34.2 Å². The van der Waals surface area contributed by atoms with E-state index >= 15 is 0 Å². The summed E-state index contributed by atoms with van der Waals surface area (Å²) >= 11 is 0. The smallest absolute Gasteiger partial charge is 0.125 e. The van der Waals surface area contributed by atoms with Crippen molar-refractivity contribution in [3.63, 3.8) is 0 Å². The molecule has 2 aliphatic rings. The molecule has 0 bridgehead atoms. The summed E-state index contributed by atoms with van der Waals surface area (Å²) in [6, 6.07) is 14.9. The second-order valence-corrected chi connectivity index (χ2v) is 7.88. The minimum absolute atomic E-state index is 0. The third-order valence-electron chi connectivity index (χ3n) is 6.17. The van der Waals surface area contributed by atoms with E-state index in [1.54, 1.807) is 12.3 Å². The van der Waals surface area contributed by atoms with Crippen molar-refractivity contribution >= 4 is 30.0 Å². The van der Waals surface area contributed by atoms with Crippen LogP contribution in [0.3, 0.4) is 0 Å². The van der Waals surface area contributed by atoms with E-state index in [1.165, 1.54) is 75.9 Å². The molecule has 2 nitrogen and oxygen atoms in total. The summed E-state index contributed by atoms with van der Waals surface area (Å²) in [5.74, 6) is -0.254. The number of hydrogen-bond acceptors (Lipinski definition) is 2. The van der Waals surface area contributed by atoms with Gasteiger partial charge in [-0.3, -0.25) is 4.99 Å². The van der Waals surface area contributed by atoms with E-state index in [9.17, 15) is 4.39 Å². The van der Waals surface area contributed by atoms with Gasteiger partial charge in [0.25, 0.3) is 0 Å². The Hall–Kier alpha value is -1.87. The van der Waals surface area contributed by atoms with Crippen molar-refractivity contribution in [2.24, 2.45) is 10.4 Å². The lowest BCUT2D eigenvalue weighted by molar-refractivity contribution is 0.144. The van der Waals surface area contributed by atoms with Crippen LogP contribution in [0.2, 0.25) is 0 Å². The lowest BCUT2D eigenvalue weighted by atomic mass is 9.68. The zero-order valence-electron chi connectivity index (χ0n) is 15.7. The van der Waals surface area contributed by atoms with Crippen LogP contribution in [-0.4, -0.2) is 19.3 Å². The predicted octanol–water partition coefficient (Wildman–Crippen LogP) is 6.55. The van der Waals surface area contributed by atoms with E-state index in [0.717, 1.165) is 5.56 Å². The van der Waals surface area contributed by atoms with Crippen LogP contribution in [0.1, 0.15) is 50.5 Å². The predicted molar refractivity (Wildman–Crippen MR) is 114 cm³/mol. The molecule has 1 aliphatic heterocycles. The quantitative estimate of drug-likeness (QED) is 0.546. The van der Waals surface area contributed by atoms with Crippen molar-refractivity contribution in [3.8, 4) is 0 Å². The van der Waals surface area contributed by atoms with E-state index in [0.29, 0.717) is 11.1 Å². The Kier molecular flexibility index (Phi) is 6.54. The Bertz CT molecular complexity index is 756. The fourth-order valence-electron chi connectivity index (χ4n) is 4.52. The van der Waals surface area contributed by atoms with Gasteiger partial charge < -0.3 is 4.90 Å². The maximum absolute atomic E-state index is 13.2. The number of hydrogen-bond donors (Lipinski definition) is 0. The first kappa shape index (κ1) is 19.9. The van der Waals surface area contributed by atoms with Gasteiger partial charge in [0.1, 0.15) is 5.82 Å². The Balaban J connectivity index is 0.00000210. The van der Waals surface area contributed by atoms with Crippen LogP contribution in [0.5, 0.6) is 0 Å². The molecule has 4 heteroatoms. The molecule has 0 unspecified atom stereocenters. The summed E-state index contributed by atoms with van der Waals surface area (Å²) in [7, 11) is 0. The van der Waals surface area contributed by atoms with Crippen molar-refractivity contribution in [2.45, 2.75) is 44.9 Å². The van der Waals surface area contributed by atoms with Crippen LogP contribution >= 0.6 is 12.4 Å². The van der Waals surface area contributed by atoms with Crippen molar-refractivity contribution in [3.05, 3.63) is 59.9 Å². The second kappa shape index (κ2) is 8.88. The maximum atomic E-state index is 13.2. The number of benzene rings is 2. The number of nitrogens with zero attached hydrogens (tertiary/aromatic N) is 2. The van der Waals surface area contributed by atoms with Gasteiger partial charge in [-0.2, -0.15) is 0 Å². The highest BCUT2D eigenvalue weighted by molar-refractivity contribution is 5.85. The van der Waals surface area contributed by atoms with Gasteiger partial charge in [0, 0.05) is 25.0 Å². The molecule has 2 fully saturated rings. The van der Waals surface area contributed by atoms with Gasteiger partial charge in [-0.15, -0.1) is 12.4 Å². The second-order valence-electron chi connectivity index (χ2n) is 7.88. The minimum atomic E-state index is -0.254. The average Bonchev–Trinajstić information content (AvgIpc) is 2.68. The largest absolute Gasteiger partial charge is 0.371 e. The summed E-state index contributed by atoms with van der Waals surface area (Å²) in [6.45, 7) is 2.35. The number of halogens is 2. The molecule has 0 atom stereocenters. The van der Waals surface area contributed by atoms with Crippen LogP contribution in [0.25, 0.3) is 0 Å². The van der Waals surface area contributed by atoms with Crippen LogP contribution in [0, 0.1) is 11.2 Å². The first-order valence-corrected chi connectivity index (χ1v) is 9.87. The molecule has 2 aromatic rings. The number of piperidine rings is 1. The molecule has 1 heterocycles. The fourth-order valence-corrected chi connectivity index (χ4v) is 4.52. The molecule has 144 valence electrons. The lowest BCUT2D eigenvalue weighted by Gasteiger charge is -2.45. The monoisotopic (exact) mass is 386 g/mol.